The molecule has 1 aliphatic heterocycles. The van der Waals surface area contributed by atoms with Crippen LogP contribution in [-0.2, 0) is 0 Å². The van der Waals surface area contributed by atoms with Crippen molar-refractivity contribution < 1.29 is 4.42 Å². The predicted molar refractivity (Wildman–Crippen MR) is 81.8 cm³/mol. The summed E-state index contributed by atoms with van der Waals surface area (Å²) >= 11 is 0. The normalized spacial score (nSPS) is 19.6. The Morgan fingerprint density at radius 3 is 2.60 bits per heavy atom. The smallest absolute Gasteiger partial charge is 0.134 e. The number of furan rings is 1. The summed E-state index contributed by atoms with van der Waals surface area (Å²) in [5.41, 5.74) is 8.33. The lowest BCUT2D eigenvalue weighted by atomic mass is 10.0. The molecule has 0 radical (unpaired) electrons. The van der Waals surface area contributed by atoms with Gasteiger partial charge in [-0.1, -0.05) is 18.2 Å². The van der Waals surface area contributed by atoms with Gasteiger partial charge in [0.1, 0.15) is 11.3 Å². The van der Waals surface area contributed by atoms with E-state index >= 15 is 0 Å². The van der Waals surface area contributed by atoms with Gasteiger partial charge in [0.15, 0.2) is 0 Å². The van der Waals surface area contributed by atoms with Crippen molar-refractivity contribution in [1.29, 1.82) is 0 Å². The fraction of sp³-hybridized carbons (Fsp3) is 0.500. The van der Waals surface area contributed by atoms with Gasteiger partial charge in [-0.2, -0.15) is 0 Å². The average Bonchev–Trinajstić information content (AvgIpc) is 2.79. The Kier molecular flexibility index (Phi) is 3.78. The van der Waals surface area contributed by atoms with Gasteiger partial charge in [-0.05, 0) is 20.0 Å². The highest BCUT2D eigenvalue weighted by Gasteiger charge is 2.27. The van der Waals surface area contributed by atoms with E-state index in [0.717, 1.165) is 37.5 Å². The molecule has 1 unspecified atom stereocenters. The van der Waals surface area contributed by atoms with Gasteiger partial charge in [0, 0.05) is 43.7 Å². The maximum Gasteiger partial charge on any atom is 0.134 e. The number of rotatable bonds is 3. The van der Waals surface area contributed by atoms with Crippen LogP contribution in [0.3, 0.4) is 0 Å². The maximum absolute atomic E-state index is 6.09. The molecule has 1 atom stereocenters. The van der Waals surface area contributed by atoms with E-state index in [4.69, 9.17) is 10.2 Å². The minimum Gasteiger partial charge on any atom is -0.461 e. The van der Waals surface area contributed by atoms with E-state index in [0.29, 0.717) is 6.54 Å². The third kappa shape index (κ3) is 2.35. The van der Waals surface area contributed by atoms with Crippen LogP contribution < -0.4 is 5.73 Å². The molecule has 1 aromatic carbocycles. The Labute approximate surface area is 120 Å². The molecule has 1 aromatic heterocycles. The first-order valence-corrected chi connectivity index (χ1v) is 7.31. The van der Waals surface area contributed by atoms with E-state index in [2.05, 4.69) is 29.0 Å². The number of nitrogens with two attached hydrogens (primary N) is 1. The van der Waals surface area contributed by atoms with Crippen LogP contribution in [0.2, 0.25) is 0 Å². The molecule has 20 heavy (non-hydrogen) atoms. The molecule has 0 spiro atoms. The van der Waals surface area contributed by atoms with Crippen LogP contribution in [0.4, 0.5) is 0 Å². The molecule has 2 aromatic rings. The quantitative estimate of drug-likeness (QED) is 0.929. The third-order valence-corrected chi connectivity index (χ3v) is 4.35. The first-order valence-electron chi connectivity index (χ1n) is 7.31. The molecular formula is C16H23N3O. The Hall–Kier alpha value is -1.36. The molecule has 3 rings (SSSR count). The van der Waals surface area contributed by atoms with Crippen LogP contribution in [0.5, 0.6) is 0 Å². The summed E-state index contributed by atoms with van der Waals surface area (Å²) in [6.07, 6.45) is 0. The lowest BCUT2D eigenvalue weighted by molar-refractivity contribution is 0.114. The minimum atomic E-state index is 0.257. The monoisotopic (exact) mass is 273 g/mol. The Balaban J connectivity index is 1.97. The molecule has 0 bridgehead atoms. The van der Waals surface area contributed by atoms with Crippen LogP contribution >= 0.6 is 0 Å². The SMILES string of the molecule is Cc1oc2ccccc2c1C(CN)N1CCN(C)CC1. The van der Waals surface area contributed by atoms with Gasteiger partial charge in [-0.25, -0.2) is 0 Å². The van der Waals surface area contributed by atoms with E-state index in [-0.39, 0.29) is 6.04 Å². The van der Waals surface area contributed by atoms with E-state index in [1.807, 2.05) is 19.1 Å². The number of likely N-dealkylation sites (N-methyl/N-ethyl adjacent to an activating group) is 1. The third-order valence-electron chi connectivity index (χ3n) is 4.35. The number of hydrogen-bond acceptors (Lipinski definition) is 4. The summed E-state index contributed by atoms with van der Waals surface area (Å²) in [6, 6.07) is 8.51. The molecule has 1 fully saturated rings. The van der Waals surface area contributed by atoms with Crippen molar-refractivity contribution in [3.63, 3.8) is 0 Å². The number of nitrogens with zero attached hydrogens (tertiary/aromatic N) is 2. The number of piperazine rings is 1. The van der Waals surface area contributed by atoms with Crippen LogP contribution in [0.15, 0.2) is 28.7 Å². The lowest BCUT2D eigenvalue weighted by Gasteiger charge is -2.37. The fourth-order valence-electron chi connectivity index (χ4n) is 3.18. The zero-order valence-electron chi connectivity index (χ0n) is 12.3. The first kappa shape index (κ1) is 13.6. The summed E-state index contributed by atoms with van der Waals surface area (Å²) in [5.74, 6) is 1.00. The summed E-state index contributed by atoms with van der Waals surface area (Å²) < 4.78 is 5.90. The minimum absolute atomic E-state index is 0.257. The second-order valence-corrected chi connectivity index (χ2v) is 5.66. The zero-order chi connectivity index (χ0) is 14.1. The number of fused-ring (bicyclic) bond motifs is 1. The largest absolute Gasteiger partial charge is 0.461 e. The molecule has 0 aliphatic carbocycles. The number of hydrogen-bond donors (Lipinski definition) is 1. The summed E-state index contributed by atoms with van der Waals surface area (Å²) in [7, 11) is 2.17. The van der Waals surface area contributed by atoms with E-state index in [9.17, 15) is 0 Å². The van der Waals surface area contributed by atoms with Gasteiger partial charge < -0.3 is 15.1 Å². The zero-order valence-corrected chi connectivity index (χ0v) is 12.3. The molecule has 2 N–H and O–H groups in total. The number of para-hydroxylation sites is 1. The predicted octanol–water partition coefficient (Wildman–Crippen LogP) is 1.99. The topological polar surface area (TPSA) is 45.6 Å². The molecule has 0 amide bonds. The molecule has 4 nitrogen and oxygen atoms in total. The van der Waals surface area contributed by atoms with Gasteiger partial charge in [0.25, 0.3) is 0 Å². The van der Waals surface area contributed by atoms with E-state index in [1.54, 1.807) is 0 Å². The number of aryl methyl sites for hydroxylation is 1. The first-order chi connectivity index (χ1) is 9.70. The van der Waals surface area contributed by atoms with E-state index in [1.165, 1.54) is 10.9 Å². The molecule has 1 saturated heterocycles. The van der Waals surface area contributed by atoms with Crippen LogP contribution in [0, 0.1) is 6.92 Å². The highest BCUT2D eigenvalue weighted by atomic mass is 16.3. The second-order valence-electron chi connectivity index (χ2n) is 5.66. The number of benzene rings is 1. The van der Waals surface area contributed by atoms with Gasteiger partial charge in [-0.3, -0.25) is 4.90 Å². The lowest BCUT2D eigenvalue weighted by Crippen LogP contribution is -2.47. The molecule has 2 heterocycles. The van der Waals surface area contributed by atoms with Crippen LogP contribution in [0.25, 0.3) is 11.0 Å². The van der Waals surface area contributed by atoms with Crippen molar-refractivity contribution in [1.82, 2.24) is 9.80 Å². The van der Waals surface area contributed by atoms with Crippen molar-refractivity contribution in [2.24, 2.45) is 5.73 Å². The highest BCUT2D eigenvalue weighted by molar-refractivity contribution is 5.82. The highest BCUT2D eigenvalue weighted by Crippen LogP contribution is 2.33. The molecule has 108 valence electrons. The van der Waals surface area contributed by atoms with Gasteiger partial charge >= 0.3 is 0 Å². The second kappa shape index (κ2) is 5.56. The van der Waals surface area contributed by atoms with Crippen molar-refractivity contribution in [2.45, 2.75) is 13.0 Å². The van der Waals surface area contributed by atoms with Crippen LogP contribution in [0.1, 0.15) is 17.4 Å². The van der Waals surface area contributed by atoms with Gasteiger partial charge in [0.05, 0.1) is 6.04 Å². The summed E-state index contributed by atoms with van der Waals surface area (Å²) in [4.78, 5) is 4.86. The Morgan fingerprint density at radius 1 is 1.20 bits per heavy atom. The van der Waals surface area contributed by atoms with Crippen molar-refractivity contribution in [3.8, 4) is 0 Å². The maximum atomic E-state index is 6.09. The molecular weight excluding hydrogens is 250 g/mol. The molecule has 4 heteroatoms. The average molecular weight is 273 g/mol. The Bertz CT molecular complexity index is 584. The van der Waals surface area contributed by atoms with Gasteiger partial charge in [0.2, 0.25) is 0 Å². The van der Waals surface area contributed by atoms with Crippen molar-refractivity contribution >= 4 is 11.0 Å². The summed E-state index contributed by atoms with van der Waals surface area (Å²) in [5, 5.41) is 1.21. The van der Waals surface area contributed by atoms with Gasteiger partial charge in [-0.15, -0.1) is 0 Å². The fourth-order valence-corrected chi connectivity index (χ4v) is 3.18. The van der Waals surface area contributed by atoms with Crippen molar-refractivity contribution in [2.75, 3.05) is 39.8 Å². The summed E-state index contributed by atoms with van der Waals surface area (Å²) in [6.45, 7) is 7.02. The van der Waals surface area contributed by atoms with Crippen LogP contribution in [-0.4, -0.2) is 49.6 Å². The Morgan fingerprint density at radius 2 is 1.90 bits per heavy atom. The standard InChI is InChI=1S/C16H23N3O/c1-12-16(13-5-3-4-6-15(13)20-12)14(11-17)19-9-7-18(2)8-10-19/h3-6,14H,7-11,17H2,1-2H3. The molecule has 1 aliphatic rings. The molecule has 0 saturated carbocycles. The van der Waals surface area contributed by atoms with E-state index < -0.39 is 0 Å². The van der Waals surface area contributed by atoms with Crippen molar-refractivity contribution in [3.05, 3.63) is 35.6 Å².